The van der Waals surface area contributed by atoms with Gasteiger partial charge < -0.3 is 10.2 Å². The van der Waals surface area contributed by atoms with Crippen molar-refractivity contribution in [3.05, 3.63) is 63.1 Å². The summed E-state index contributed by atoms with van der Waals surface area (Å²) in [5, 5.41) is 4.37. The van der Waals surface area contributed by atoms with Crippen LogP contribution >= 0.6 is 46.6 Å². The van der Waals surface area contributed by atoms with E-state index in [2.05, 4.69) is 5.32 Å². The zero-order chi connectivity index (χ0) is 20.7. The molecule has 0 aliphatic carbocycles. The van der Waals surface area contributed by atoms with Crippen molar-refractivity contribution in [3.8, 4) is 0 Å². The molecule has 4 nitrogen and oxygen atoms in total. The number of hydrogen-bond donors (Lipinski definition) is 1. The average Bonchev–Trinajstić information content (AvgIpc) is 2.66. The molecule has 2 amide bonds. The van der Waals surface area contributed by atoms with Crippen LogP contribution in [0.1, 0.15) is 19.4 Å². The van der Waals surface area contributed by atoms with Gasteiger partial charge in [0.25, 0.3) is 0 Å². The average molecular weight is 460 g/mol. The number of carbonyl (C=O) groups is 2. The van der Waals surface area contributed by atoms with Crippen molar-refractivity contribution in [2.75, 3.05) is 12.3 Å². The van der Waals surface area contributed by atoms with E-state index in [1.54, 1.807) is 37.3 Å². The lowest BCUT2D eigenvalue weighted by molar-refractivity contribution is -0.138. The van der Waals surface area contributed by atoms with Crippen LogP contribution in [0.25, 0.3) is 0 Å². The minimum atomic E-state index is -0.634. The maximum atomic E-state index is 12.9. The fourth-order valence-corrected chi connectivity index (χ4v) is 3.88. The number of hydrogen-bond acceptors (Lipinski definition) is 3. The number of halogens is 3. The van der Waals surface area contributed by atoms with E-state index in [0.29, 0.717) is 21.6 Å². The molecular formula is C20H21Cl3N2O2S. The first kappa shape index (κ1) is 22.9. The first-order valence-corrected chi connectivity index (χ1v) is 10.8. The predicted molar refractivity (Wildman–Crippen MR) is 117 cm³/mol. The van der Waals surface area contributed by atoms with Crippen LogP contribution in [0.5, 0.6) is 0 Å². The zero-order valence-corrected chi connectivity index (χ0v) is 18.6. The summed E-state index contributed by atoms with van der Waals surface area (Å²) < 4.78 is 0. The highest BCUT2D eigenvalue weighted by Gasteiger charge is 2.26. The summed E-state index contributed by atoms with van der Waals surface area (Å²) in [6, 6.07) is 11.7. The van der Waals surface area contributed by atoms with E-state index in [1.165, 1.54) is 16.7 Å². The van der Waals surface area contributed by atoms with Gasteiger partial charge in [-0.05, 0) is 55.8 Å². The number of benzene rings is 2. The molecule has 0 saturated heterocycles. The Hall–Kier alpha value is -1.40. The van der Waals surface area contributed by atoms with Crippen molar-refractivity contribution in [2.24, 2.45) is 0 Å². The number of nitrogens with one attached hydrogen (secondary N) is 1. The first-order chi connectivity index (χ1) is 13.3. The Labute approximate surface area is 184 Å². The number of likely N-dealkylation sites (N-methyl/N-ethyl adjacent to an activating group) is 1. The summed E-state index contributed by atoms with van der Waals surface area (Å²) >= 11 is 19.5. The monoisotopic (exact) mass is 458 g/mol. The van der Waals surface area contributed by atoms with Crippen LogP contribution in [-0.4, -0.2) is 35.1 Å². The van der Waals surface area contributed by atoms with Crippen LogP contribution in [-0.2, 0) is 16.1 Å². The van der Waals surface area contributed by atoms with Crippen molar-refractivity contribution >= 4 is 58.4 Å². The molecular weight excluding hydrogens is 439 g/mol. The van der Waals surface area contributed by atoms with Gasteiger partial charge in [0.1, 0.15) is 6.04 Å². The zero-order valence-electron chi connectivity index (χ0n) is 15.5. The molecule has 0 radical (unpaired) electrons. The SMILES string of the molecule is CCNC(=O)C(C)N(Cc1ccc(Cl)cc1Cl)C(=O)CSc1ccc(Cl)cc1. The molecule has 0 saturated carbocycles. The van der Waals surface area contributed by atoms with E-state index < -0.39 is 6.04 Å². The fourth-order valence-electron chi connectivity index (χ4n) is 2.50. The van der Waals surface area contributed by atoms with E-state index in [4.69, 9.17) is 34.8 Å². The molecule has 0 aromatic heterocycles. The Bertz CT molecular complexity index is 831. The Kier molecular flexibility index (Phi) is 8.96. The molecule has 0 fully saturated rings. The number of nitrogens with zero attached hydrogens (tertiary/aromatic N) is 1. The standard InChI is InChI=1S/C20H21Cl3N2O2S/c1-3-24-20(27)13(2)25(11-14-4-5-16(22)10-18(14)23)19(26)12-28-17-8-6-15(21)7-9-17/h4-10,13H,3,11-12H2,1-2H3,(H,24,27). The summed E-state index contributed by atoms with van der Waals surface area (Å²) in [6.07, 6.45) is 0. The third-order valence-corrected chi connectivity index (χ3v) is 5.89. The van der Waals surface area contributed by atoms with Gasteiger partial charge in [-0.1, -0.05) is 40.9 Å². The van der Waals surface area contributed by atoms with Crippen LogP contribution < -0.4 is 5.32 Å². The summed E-state index contributed by atoms with van der Waals surface area (Å²) in [6.45, 7) is 4.25. The van der Waals surface area contributed by atoms with Gasteiger partial charge in [-0.25, -0.2) is 0 Å². The summed E-state index contributed by atoms with van der Waals surface area (Å²) in [7, 11) is 0. The molecule has 8 heteroatoms. The Morgan fingerprint density at radius 3 is 2.32 bits per heavy atom. The normalized spacial score (nSPS) is 11.8. The van der Waals surface area contributed by atoms with Crippen molar-refractivity contribution in [1.29, 1.82) is 0 Å². The second-order valence-electron chi connectivity index (χ2n) is 6.07. The van der Waals surface area contributed by atoms with Crippen LogP contribution in [0, 0.1) is 0 Å². The van der Waals surface area contributed by atoms with Crippen molar-refractivity contribution in [1.82, 2.24) is 10.2 Å². The quantitative estimate of drug-likeness (QED) is 0.545. The topological polar surface area (TPSA) is 49.4 Å². The maximum Gasteiger partial charge on any atom is 0.242 e. The molecule has 0 bridgehead atoms. The Morgan fingerprint density at radius 1 is 1.07 bits per heavy atom. The smallest absolute Gasteiger partial charge is 0.242 e. The lowest BCUT2D eigenvalue weighted by atomic mass is 10.1. The van der Waals surface area contributed by atoms with Gasteiger partial charge in [0.2, 0.25) is 11.8 Å². The number of carbonyl (C=O) groups excluding carboxylic acids is 2. The molecule has 0 aliphatic rings. The fraction of sp³-hybridized carbons (Fsp3) is 0.300. The van der Waals surface area contributed by atoms with Crippen LogP contribution in [0.15, 0.2) is 47.4 Å². The predicted octanol–water partition coefficient (Wildman–Crippen LogP) is 5.29. The minimum Gasteiger partial charge on any atom is -0.355 e. The summed E-state index contributed by atoms with van der Waals surface area (Å²) in [5.74, 6) is -0.182. The molecule has 0 heterocycles. The van der Waals surface area contributed by atoms with Gasteiger partial charge in [-0.3, -0.25) is 9.59 Å². The van der Waals surface area contributed by atoms with Gasteiger partial charge >= 0.3 is 0 Å². The Balaban J connectivity index is 2.17. The van der Waals surface area contributed by atoms with Gasteiger partial charge in [0, 0.05) is 33.1 Å². The van der Waals surface area contributed by atoms with Gasteiger partial charge in [-0.15, -0.1) is 11.8 Å². The van der Waals surface area contributed by atoms with Gasteiger partial charge in [0.15, 0.2) is 0 Å². The third-order valence-electron chi connectivity index (χ3n) is 4.05. The van der Waals surface area contributed by atoms with E-state index in [9.17, 15) is 9.59 Å². The van der Waals surface area contributed by atoms with E-state index >= 15 is 0 Å². The van der Waals surface area contributed by atoms with E-state index in [-0.39, 0.29) is 24.1 Å². The van der Waals surface area contributed by atoms with Gasteiger partial charge in [0.05, 0.1) is 5.75 Å². The number of thioether (sulfide) groups is 1. The molecule has 2 aromatic rings. The third kappa shape index (κ3) is 6.59. The molecule has 150 valence electrons. The summed E-state index contributed by atoms with van der Waals surface area (Å²) in [4.78, 5) is 27.8. The molecule has 2 rings (SSSR count). The molecule has 28 heavy (non-hydrogen) atoms. The van der Waals surface area contributed by atoms with Crippen molar-refractivity contribution in [2.45, 2.75) is 31.3 Å². The number of rotatable bonds is 8. The largest absolute Gasteiger partial charge is 0.355 e. The highest BCUT2D eigenvalue weighted by Crippen LogP contribution is 2.25. The highest BCUT2D eigenvalue weighted by atomic mass is 35.5. The highest BCUT2D eigenvalue weighted by molar-refractivity contribution is 8.00. The Morgan fingerprint density at radius 2 is 1.71 bits per heavy atom. The van der Waals surface area contributed by atoms with Crippen LogP contribution in [0.3, 0.4) is 0 Å². The molecule has 1 N–H and O–H groups in total. The lowest BCUT2D eigenvalue weighted by Gasteiger charge is -2.29. The van der Waals surface area contributed by atoms with Crippen molar-refractivity contribution < 1.29 is 9.59 Å². The van der Waals surface area contributed by atoms with E-state index in [0.717, 1.165) is 10.5 Å². The molecule has 0 aliphatic heterocycles. The second kappa shape index (κ2) is 11.0. The van der Waals surface area contributed by atoms with Gasteiger partial charge in [-0.2, -0.15) is 0 Å². The summed E-state index contributed by atoms with van der Waals surface area (Å²) in [5.41, 5.74) is 0.729. The van der Waals surface area contributed by atoms with Crippen molar-refractivity contribution in [3.63, 3.8) is 0 Å². The minimum absolute atomic E-state index is 0.162. The maximum absolute atomic E-state index is 12.9. The first-order valence-electron chi connectivity index (χ1n) is 8.71. The molecule has 2 aromatic carbocycles. The molecule has 1 unspecified atom stereocenters. The second-order valence-corrected chi connectivity index (χ2v) is 8.40. The molecule has 1 atom stereocenters. The van der Waals surface area contributed by atoms with Crippen LogP contribution in [0.4, 0.5) is 0 Å². The lowest BCUT2D eigenvalue weighted by Crippen LogP contribution is -2.48. The number of amides is 2. The van der Waals surface area contributed by atoms with E-state index in [1.807, 2.05) is 19.1 Å². The molecule has 0 spiro atoms. The van der Waals surface area contributed by atoms with Crippen LogP contribution in [0.2, 0.25) is 15.1 Å².